The second-order valence-corrected chi connectivity index (χ2v) is 14.0. The maximum atomic E-state index is 13.0. The number of benzene rings is 2. The fraction of sp³-hybridized carbons (Fsp3) is 0.600. The number of rotatable bonds is 4. The SMILES string of the molecule is CC(C)(C)OC(=O)N1CCC2(CCC(CN3CCN(C(=O)OCC4c5ccccc5-c5ccccc54)CC3)CC2)CC1. The van der Waals surface area contributed by atoms with Gasteiger partial charge in [-0.25, -0.2) is 9.59 Å². The molecule has 2 saturated heterocycles. The largest absolute Gasteiger partial charge is 0.448 e. The second-order valence-electron chi connectivity index (χ2n) is 14.0. The highest BCUT2D eigenvalue weighted by atomic mass is 16.6. The van der Waals surface area contributed by atoms with Crippen molar-refractivity contribution < 1.29 is 19.1 Å². The summed E-state index contributed by atoms with van der Waals surface area (Å²) in [4.78, 5) is 31.8. The Hall–Kier alpha value is -3.06. The van der Waals surface area contributed by atoms with Gasteiger partial charge in [0.2, 0.25) is 0 Å². The number of hydrogen-bond acceptors (Lipinski definition) is 5. The van der Waals surface area contributed by atoms with Crippen LogP contribution < -0.4 is 0 Å². The van der Waals surface area contributed by atoms with Crippen LogP contribution in [0.15, 0.2) is 48.5 Å². The summed E-state index contributed by atoms with van der Waals surface area (Å²) < 4.78 is 11.5. The van der Waals surface area contributed by atoms with E-state index >= 15 is 0 Å². The first-order chi connectivity index (χ1) is 20.2. The number of ether oxygens (including phenoxy) is 2. The van der Waals surface area contributed by atoms with E-state index in [1.807, 2.05) is 30.6 Å². The Morgan fingerprint density at radius 1 is 0.762 bits per heavy atom. The van der Waals surface area contributed by atoms with Crippen LogP contribution in [0.25, 0.3) is 11.1 Å². The molecule has 0 atom stereocenters. The predicted octanol–water partition coefficient (Wildman–Crippen LogP) is 6.76. The maximum absolute atomic E-state index is 13.0. The van der Waals surface area contributed by atoms with E-state index in [0.717, 1.165) is 64.6 Å². The van der Waals surface area contributed by atoms with Crippen molar-refractivity contribution in [3.63, 3.8) is 0 Å². The zero-order chi connectivity index (χ0) is 29.3. The number of carbonyl (C=O) groups is 2. The molecular formula is C35H47N3O4. The van der Waals surface area contributed by atoms with Crippen LogP contribution in [0.4, 0.5) is 9.59 Å². The lowest BCUT2D eigenvalue weighted by atomic mass is 9.65. The first-order valence-corrected chi connectivity index (χ1v) is 16.0. The van der Waals surface area contributed by atoms with Crippen molar-refractivity contribution in [2.75, 3.05) is 52.4 Å². The van der Waals surface area contributed by atoms with Gasteiger partial charge in [0.25, 0.3) is 0 Å². The molecule has 7 nitrogen and oxygen atoms in total. The van der Waals surface area contributed by atoms with Crippen LogP contribution in [0.2, 0.25) is 0 Å². The van der Waals surface area contributed by atoms with Crippen molar-refractivity contribution >= 4 is 12.2 Å². The van der Waals surface area contributed by atoms with Crippen molar-refractivity contribution in [1.82, 2.24) is 14.7 Å². The Morgan fingerprint density at radius 3 is 1.88 bits per heavy atom. The fourth-order valence-electron chi connectivity index (χ4n) is 7.63. The summed E-state index contributed by atoms with van der Waals surface area (Å²) in [7, 11) is 0. The van der Waals surface area contributed by atoms with E-state index in [0.29, 0.717) is 12.0 Å². The Bertz CT molecular complexity index is 1220. The number of nitrogens with zero attached hydrogens (tertiary/aromatic N) is 3. The molecule has 2 heterocycles. The first-order valence-electron chi connectivity index (χ1n) is 16.0. The normalized spacial score (nSPS) is 21.2. The zero-order valence-corrected chi connectivity index (χ0v) is 25.6. The third kappa shape index (κ3) is 6.31. The molecular weight excluding hydrogens is 526 g/mol. The number of hydrogen-bond donors (Lipinski definition) is 0. The Morgan fingerprint density at radius 2 is 1.31 bits per heavy atom. The summed E-state index contributed by atoms with van der Waals surface area (Å²) in [6.45, 7) is 12.2. The molecule has 6 rings (SSSR count). The Labute approximate surface area is 251 Å². The maximum Gasteiger partial charge on any atom is 0.410 e. The molecule has 226 valence electrons. The number of piperidine rings is 1. The highest BCUT2D eigenvalue weighted by molar-refractivity contribution is 5.79. The summed E-state index contributed by atoms with van der Waals surface area (Å²) in [5.74, 6) is 0.822. The molecule has 2 aromatic carbocycles. The van der Waals surface area contributed by atoms with E-state index in [2.05, 4.69) is 53.4 Å². The predicted molar refractivity (Wildman–Crippen MR) is 165 cm³/mol. The van der Waals surface area contributed by atoms with E-state index in [1.165, 1.54) is 47.9 Å². The summed E-state index contributed by atoms with van der Waals surface area (Å²) in [6, 6.07) is 16.9. The molecule has 2 aromatic rings. The van der Waals surface area contributed by atoms with Crippen LogP contribution in [0.5, 0.6) is 0 Å². The van der Waals surface area contributed by atoms with Crippen LogP contribution in [0.3, 0.4) is 0 Å². The quantitative estimate of drug-likeness (QED) is 0.404. The van der Waals surface area contributed by atoms with Crippen molar-refractivity contribution in [2.24, 2.45) is 11.3 Å². The third-order valence-corrected chi connectivity index (χ3v) is 10.1. The van der Waals surface area contributed by atoms with Crippen LogP contribution in [-0.2, 0) is 9.47 Å². The molecule has 2 amide bonds. The lowest BCUT2D eigenvalue weighted by Crippen LogP contribution is -2.50. The molecule has 4 aliphatic rings. The van der Waals surface area contributed by atoms with Gasteiger partial charge in [0.05, 0.1) is 0 Å². The molecule has 0 aromatic heterocycles. The summed E-state index contributed by atoms with van der Waals surface area (Å²) in [6.07, 6.45) is 6.89. The summed E-state index contributed by atoms with van der Waals surface area (Å²) in [5.41, 5.74) is 4.96. The second kappa shape index (κ2) is 11.9. The minimum absolute atomic E-state index is 0.0989. The topological polar surface area (TPSA) is 62.3 Å². The molecule has 2 aliphatic carbocycles. The number of carbonyl (C=O) groups excluding carboxylic acids is 2. The van der Waals surface area contributed by atoms with E-state index in [-0.39, 0.29) is 18.1 Å². The van der Waals surface area contributed by atoms with Gasteiger partial charge in [-0.15, -0.1) is 0 Å². The molecule has 1 saturated carbocycles. The molecule has 2 aliphatic heterocycles. The van der Waals surface area contributed by atoms with Gasteiger partial charge in [-0.2, -0.15) is 0 Å². The van der Waals surface area contributed by atoms with Crippen LogP contribution in [0, 0.1) is 11.3 Å². The Balaban J connectivity index is 0.918. The first kappa shape index (κ1) is 29.0. The molecule has 7 heteroatoms. The molecule has 0 N–H and O–H groups in total. The molecule has 42 heavy (non-hydrogen) atoms. The van der Waals surface area contributed by atoms with Crippen molar-refractivity contribution in [1.29, 1.82) is 0 Å². The highest BCUT2D eigenvalue weighted by Gasteiger charge is 2.40. The van der Waals surface area contributed by atoms with Crippen LogP contribution >= 0.6 is 0 Å². The smallest absolute Gasteiger partial charge is 0.410 e. The van der Waals surface area contributed by atoms with Gasteiger partial charge in [0, 0.05) is 51.7 Å². The third-order valence-electron chi connectivity index (χ3n) is 10.1. The molecule has 0 unspecified atom stereocenters. The molecule has 0 radical (unpaired) electrons. The lowest BCUT2D eigenvalue weighted by molar-refractivity contribution is -0.000868. The van der Waals surface area contributed by atoms with Gasteiger partial charge in [-0.05, 0) is 92.9 Å². The average Bonchev–Trinajstić information content (AvgIpc) is 3.31. The number of amides is 2. The monoisotopic (exact) mass is 573 g/mol. The van der Waals surface area contributed by atoms with Gasteiger partial charge in [-0.1, -0.05) is 48.5 Å². The standard InChI is InChI=1S/C35H47N3O4/c1-34(2,3)42-33(40)37-18-16-35(17-19-37)14-12-26(13-15-35)24-36-20-22-38(23-21-36)32(39)41-25-31-29-10-6-4-8-27(29)28-9-5-7-11-30(28)31/h4-11,26,31H,12-25H2,1-3H3. The van der Waals surface area contributed by atoms with Crippen LogP contribution in [-0.4, -0.2) is 84.9 Å². The Kier molecular flexibility index (Phi) is 8.23. The van der Waals surface area contributed by atoms with Crippen molar-refractivity contribution in [3.8, 4) is 11.1 Å². The highest BCUT2D eigenvalue weighted by Crippen LogP contribution is 2.47. The molecule has 0 bridgehead atoms. The van der Waals surface area contributed by atoms with Gasteiger partial charge in [0.1, 0.15) is 12.2 Å². The van der Waals surface area contributed by atoms with Gasteiger partial charge < -0.3 is 19.3 Å². The van der Waals surface area contributed by atoms with Crippen LogP contribution in [0.1, 0.15) is 76.3 Å². The minimum Gasteiger partial charge on any atom is -0.448 e. The summed E-state index contributed by atoms with van der Waals surface area (Å²) >= 11 is 0. The number of fused-ring (bicyclic) bond motifs is 3. The minimum atomic E-state index is -0.439. The average molecular weight is 574 g/mol. The lowest BCUT2D eigenvalue weighted by Gasteiger charge is -2.46. The number of likely N-dealkylation sites (tertiary alicyclic amines) is 1. The van der Waals surface area contributed by atoms with Gasteiger partial charge in [-0.3, -0.25) is 4.90 Å². The summed E-state index contributed by atoms with van der Waals surface area (Å²) in [5, 5.41) is 0. The van der Waals surface area contributed by atoms with Crippen molar-refractivity contribution in [2.45, 2.75) is 70.8 Å². The van der Waals surface area contributed by atoms with E-state index in [9.17, 15) is 9.59 Å². The number of piperazine rings is 1. The molecule has 1 spiro atoms. The van der Waals surface area contributed by atoms with E-state index < -0.39 is 5.60 Å². The van der Waals surface area contributed by atoms with Gasteiger partial charge in [0.15, 0.2) is 0 Å². The zero-order valence-electron chi connectivity index (χ0n) is 25.6. The van der Waals surface area contributed by atoms with E-state index in [1.54, 1.807) is 0 Å². The fourth-order valence-corrected chi connectivity index (χ4v) is 7.63. The van der Waals surface area contributed by atoms with Crippen molar-refractivity contribution in [3.05, 3.63) is 59.7 Å². The van der Waals surface area contributed by atoms with E-state index in [4.69, 9.17) is 9.47 Å². The molecule has 3 fully saturated rings. The van der Waals surface area contributed by atoms with Gasteiger partial charge >= 0.3 is 12.2 Å².